The number of amides is 1. The number of hydrogen-bond donors (Lipinski definition) is 1. The van der Waals surface area contributed by atoms with E-state index in [9.17, 15) is 14.0 Å². The average Bonchev–Trinajstić information content (AvgIpc) is 2.79. The SMILES string of the molecule is C[C@@]1(CCC(=O)OCCc2ccc(F)cc2)CCC(=O)N1. The Balaban J connectivity index is 1.66. The molecule has 1 heterocycles. The van der Waals surface area contributed by atoms with Crippen LogP contribution in [0.5, 0.6) is 0 Å². The molecule has 1 amide bonds. The van der Waals surface area contributed by atoms with E-state index in [1.807, 2.05) is 6.92 Å². The van der Waals surface area contributed by atoms with Crippen molar-refractivity contribution in [3.63, 3.8) is 0 Å². The van der Waals surface area contributed by atoms with Crippen LogP contribution in [-0.4, -0.2) is 24.0 Å². The molecule has 1 aliphatic heterocycles. The van der Waals surface area contributed by atoms with Gasteiger partial charge in [0.15, 0.2) is 0 Å². The molecule has 0 spiro atoms. The predicted molar refractivity (Wildman–Crippen MR) is 76.1 cm³/mol. The predicted octanol–water partition coefficient (Wildman–Crippen LogP) is 2.36. The van der Waals surface area contributed by atoms with Gasteiger partial charge in [0.25, 0.3) is 0 Å². The van der Waals surface area contributed by atoms with Crippen molar-refractivity contribution in [3.8, 4) is 0 Å². The van der Waals surface area contributed by atoms with Crippen LogP contribution in [0.15, 0.2) is 24.3 Å². The second kappa shape index (κ2) is 6.70. The summed E-state index contributed by atoms with van der Waals surface area (Å²) in [4.78, 5) is 22.9. The Morgan fingerprint density at radius 2 is 2.10 bits per heavy atom. The van der Waals surface area contributed by atoms with Gasteiger partial charge in [-0.1, -0.05) is 12.1 Å². The van der Waals surface area contributed by atoms with Gasteiger partial charge < -0.3 is 10.1 Å². The van der Waals surface area contributed by atoms with E-state index in [4.69, 9.17) is 4.74 Å². The molecule has 114 valence electrons. The zero-order valence-electron chi connectivity index (χ0n) is 12.2. The van der Waals surface area contributed by atoms with Crippen molar-refractivity contribution in [1.29, 1.82) is 0 Å². The van der Waals surface area contributed by atoms with Crippen molar-refractivity contribution in [2.75, 3.05) is 6.61 Å². The maximum atomic E-state index is 12.7. The molecule has 2 rings (SSSR count). The van der Waals surface area contributed by atoms with Crippen LogP contribution in [0.2, 0.25) is 0 Å². The summed E-state index contributed by atoms with van der Waals surface area (Å²) in [5, 5.41) is 2.89. The maximum absolute atomic E-state index is 12.7. The lowest BCUT2D eigenvalue weighted by Gasteiger charge is -2.23. The van der Waals surface area contributed by atoms with Crippen LogP contribution in [-0.2, 0) is 20.7 Å². The lowest BCUT2D eigenvalue weighted by atomic mass is 9.94. The molecule has 0 saturated carbocycles. The van der Waals surface area contributed by atoms with Crippen molar-refractivity contribution < 1.29 is 18.7 Å². The Bertz CT molecular complexity index is 515. The fourth-order valence-corrected chi connectivity index (χ4v) is 2.42. The van der Waals surface area contributed by atoms with E-state index in [0.717, 1.165) is 12.0 Å². The van der Waals surface area contributed by atoms with Crippen LogP contribution in [0.4, 0.5) is 4.39 Å². The van der Waals surface area contributed by atoms with Gasteiger partial charge in [0, 0.05) is 24.8 Å². The minimum Gasteiger partial charge on any atom is -0.465 e. The van der Waals surface area contributed by atoms with Gasteiger partial charge in [0.2, 0.25) is 5.91 Å². The van der Waals surface area contributed by atoms with Crippen LogP contribution in [0.1, 0.15) is 38.2 Å². The Hall–Kier alpha value is -1.91. The molecule has 1 N–H and O–H groups in total. The van der Waals surface area contributed by atoms with Crippen LogP contribution in [0.25, 0.3) is 0 Å². The van der Waals surface area contributed by atoms with E-state index < -0.39 is 0 Å². The van der Waals surface area contributed by atoms with Crippen molar-refractivity contribution >= 4 is 11.9 Å². The molecule has 0 radical (unpaired) electrons. The Morgan fingerprint density at radius 3 is 2.71 bits per heavy atom. The van der Waals surface area contributed by atoms with Gasteiger partial charge in [-0.25, -0.2) is 4.39 Å². The zero-order chi connectivity index (χ0) is 15.3. The van der Waals surface area contributed by atoms with Gasteiger partial charge in [-0.2, -0.15) is 0 Å². The molecule has 1 aromatic rings. The highest BCUT2D eigenvalue weighted by Gasteiger charge is 2.33. The number of hydrogen-bond acceptors (Lipinski definition) is 3. The van der Waals surface area contributed by atoms with E-state index in [0.29, 0.717) is 25.7 Å². The molecule has 1 aliphatic rings. The summed E-state index contributed by atoms with van der Waals surface area (Å²) in [6.45, 7) is 2.23. The monoisotopic (exact) mass is 293 g/mol. The molecule has 1 saturated heterocycles. The van der Waals surface area contributed by atoms with Crippen LogP contribution in [0, 0.1) is 5.82 Å². The summed E-state index contributed by atoms with van der Waals surface area (Å²) in [5.74, 6) is -0.496. The number of benzene rings is 1. The molecule has 1 aromatic carbocycles. The first-order valence-electron chi connectivity index (χ1n) is 7.18. The number of nitrogens with one attached hydrogen (secondary N) is 1. The molecule has 0 aromatic heterocycles. The second-order valence-electron chi connectivity index (χ2n) is 5.71. The second-order valence-corrected chi connectivity index (χ2v) is 5.71. The molecule has 21 heavy (non-hydrogen) atoms. The average molecular weight is 293 g/mol. The third-order valence-corrected chi connectivity index (χ3v) is 3.79. The fraction of sp³-hybridized carbons (Fsp3) is 0.500. The number of halogens is 1. The summed E-state index contributed by atoms with van der Waals surface area (Å²) in [5.41, 5.74) is 0.645. The molecule has 0 aliphatic carbocycles. The highest BCUT2D eigenvalue weighted by Crippen LogP contribution is 2.24. The molecule has 5 heteroatoms. The van der Waals surface area contributed by atoms with Gasteiger partial charge in [-0.15, -0.1) is 0 Å². The topological polar surface area (TPSA) is 55.4 Å². The smallest absolute Gasteiger partial charge is 0.305 e. The lowest BCUT2D eigenvalue weighted by Crippen LogP contribution is -2.38. The van der Waals surface area contributed by atoms with Crippen LogP contribution < -0.4 is 5.32 Å². The van der Waals surface area contributed by atoms with Crippen molar-refractivity contribution in [2.24, 2.45) is 0 Å². The quantitative estimate of drug-likeness (QED) is 0.819. The third kappa shape index (κ3) is 4.85. The molecular weight excluding hydrogens is 273 g/mol. The first-order chi connectivity index (χ1) is 9.97. The molecule has 0 bridgehead atoms. The van der Waals surface area contributed by atoms with Gasteiger partial charge in [0.1, 0.15) is 5.82 Å². The number of carbonyl (C=O) groups excluding carboxylic acids is 2. The third-order valence-electron chi connectivity index (χ3n) is 3.79. The summed E-state index contributed by atoms with van der Waals surface area (Å²) in [6.07, 6.45) is 2.74. The van der Waals surface area contributed by atoms with Crippen molar-refractivity contribution in [1.82, 2.24) is 5.32 Å². The number of rotatable bonds is 6. The molecule has 0 unspecified atom stereocenters. The molecule has 1 atom stereocenters. The summed E-state index contributed by atoms with van der Waals surface area (Å²) in [7, 11) is 0. The van der Waals surface area contributed by atoms with Crippen LogP contribution in [0.3, 0.4) is 0 Å². The minimum absolute atomic E-state index is 0.0437. The van der Waals surface area contributed by atoms with E-state index in [2.05, 4.69) is 5.32 Å². The van der Waals surface area contributed by atoms with E-state index >= 15 is 0 Å². The maximum Gasteiger partial charge on any atom is 0.305 e. The molecular formula is C16H20FNO3. The summed E-state index contributed by atoms with van der Waals surface area (Å²) < 4.78 is 17.9. The summed E-state index contributed by atoms with van der Waals surface area (Å²) in [6, 6.07) is 6.14. The first kappa shape index (κ1) is 15.5. The number of ether oxygens (including phenoxy) is 1. The van der Waals surface area contributed by atoms with Crippen molar-refractivity contribution in [3.05, 3.63) is 35.6 Å². The van der Waals surface area contributed by atoms with Crippen LogP contribution >= 0.6 is 0 Å². The molecule has 4 nitrogen and oxygen atoms in total. The van der Waals surface area contributed by atoms with Gasteiger partial charge in [0.05, 0.1) is 6.61 Å². The van der Waals surface area contributed by atoms with Gasteiger partial charge >= 0.3 is 5.97 Å². The van der Waals surface area contributed by atoms with E-state index in [-0.39, 0.29) is 29.8 Å². The van der Waals surface area contributed by atoms with Crippen molar-refractivity contribution in [2.45, 2.75) is 44.6 Å². The lowest BCUT2D eigenvalue weighted by molar-refractivity contribution is -0.144. The van der Waals surface area contributed by atoms with Gasteiger partial charge in [-0.3, -0.25) is 9.59 Å². The Morgan fingerprint density at radius 1 is 1.38 bits per heavy atom. The summed E-state index contributed by atoms with van der Waals surface area (Å²) >= 11 is 0. The van der Waals surface area contributed by atoms with E-state index in [1.54, 1.807) is 12.1 Å². The standard InChI is InChI=1S/C16H20FNO3/c1-16(9-6-14(19)18-16)10-7-15(20)21-11-8-12-2-4-13(17)5-3-12/h2-5H,6-11H2,1H3,(H,18,19)/t16-/m0/s1. The highest BCUT2D eigenvalue weighted by atomic mass is 19.1. The number of esters is 1. The minimum atomic E-state index is -0.285. The van der Waals surface area contributed by atoms with E-state index in [1.165, 1.54) is 12.1 Å². The highest BCUT2D eigenvalue weighted by molar-refractivity contribution is 5.79. The Kier molecular flexibility index (Phi) is 4.94. The number of carbonyl (C=O) groups is 2. The first-order valence-corrected chi connectivity index (χ1v) is 7.18. The Labute approximate surface area is 123 Å². The molecule has 1 fully saturated rings. The fourth-order valence-electron chi connectivity index (χ4n) is 2.42. The largest absolute Gasteiger partial charge is 0.465 e. The zero-order valence-corrected chi connectivity index (χ0v) is 12.2. The van der Waals surface area contributed by atoms with Gasteiger partial charge in [-0.05, 0) is 37.5 Å². The normalized spacial score (nSPS) is 21.1.